The lowest BCUT2D eigenvalue weighted by Crippen LogP contribution is -2.43. The highest BCUT2D eigenvalue weighted by molar-refractivity contribution is 7.47. The molecule has 1 amide bonds. The third-order valence-electron chi connectivity index (χ3n) is 10.5. The summed E-state index contributed by atoms with van der Waals surface area (Å²) >= 11 is 0. The lowest BCUT2D eigenvalue weighted by Gasteiger charge is -2.18. The summed E-state index contributed by atoms with van der Waals surface area (Å²) in [6.45, 7) is 2.57. The van der Waals surface area contributed by atoms with Crippen molar-refractivity contribution < 1.29 is 47.8 Å². The Hall–Kier alpha value is -2.04. The number of phosphoric ester groups is 1. The normalized spacial score (nSPS) is 13.8. The maximum Gasteiger partial charge on any atom is 0.472 e. The molecular formula is C47H88NO10P. The maximum atomic E-state index is 12.3. The number of aliphatic hydroxyl groups excluding tert-OH is 1. The van der Waals surface area contributed by atoms with E-state index in [9.17, 15) is 34.1 Å². The molecule has 3 unspecified atom stereocenters. The third-order valence-corrected chi connectivity index (χ3v) is 11.4. The van der Waals surface area contributed by atoms with Gasteiger partial charge in [-0.3, -0.25) is 18.6 Å². The molecule has 11 nitrogen and oxygen atoms in total. The largest absolute Gasteiger partial charge is 0.480 e. The van der Waals surface area contributed by atoms with E-state index in [2.05, 4.69) is 43.5 Å². The van der Waals surface area contributed by atoms with Crippen molar-refractivity contribution in [1.29, 1.82) is 0 Å². The van der Waals surface area contributed by atoms with E-state index in [1.807, 2.05) is 0 Å². The fourth-order valence-electron chi connectivity index (χ4n) is 6.74. The van der Waals surface area contributed by atoms with Crippen molar-refractivity contribution in [2.75, 3.05) is 19.8 Å². The lowest BCUT2D eigenvalue weighted by atomic mass is 10.0. The van der Waals surface area contributed by atoms with Gasteiger partial charge in [0.15, 0.2) is 6.04 Å². The zero-order chi connectivity index (χ0) is 43.5. The van der Waals surface area contributed by atoms with Crippen LogP contribution in [0.1, 0.15) is 226 Å². The first-order valence-electron chi connectivity index (χ1n) is 23.9. The number of aliphatic carboxylic acids is 1. The minimum atomic E-state index is -4.76. The number of esters is 1. The van der Waals surface area contributed by atoms with E-state index >= 15 is 0 Å². The second kappa shape index (κ2) is 42.6. The molecule has 0 aromatic rings. The molecule has 0 aromatic carbocycles. The van der Waals surface area contributed by atoms with Gasteiger partial charge >= 0.3 is 19.8 Å². The van der Waals surface area contributed by atoms with Crippen LogP contribution in [0.2, 0.25) is 0 Å². The average Bonchev–Trinajstić information content (AvgIpc) is 3.21. The van der Waals surface area contributed by atoms with Crippen LogP contribution in [0, 0.1) is 0 Å². The van der Waals surface area contributed by atoms with Crippen molar-refractivity contribution >= 4 is 25.7 Å². The first-order chi connectivity index (χ1) is 28.6. The average molecular weight is 858 g/mol. The number of nitrogens with one attached hydrogen (secondary N) is 1. The zero-order valence-corrected chi connectivity index (χ0v) is 38.5. The van der Waals surface area contributed by atoms with Crippen LogP contribution >= 0.6 is 7.82 Å². The summed E-state index contributed by atoms with van der Waals surface area (Å²) in [4.78, 5) is 46.0. The van der Waals surface area contributed by atoms with E-state index in [1.165, 1.54) is 122 Å². The van der Waals surface area contributed by atoms with E-state index in [1.54, 1.807) is 0 Å². The number of carboxylic acid groups (broad SMARTS) is 1. The number of carbonyl (C=O) groups excluding carboxylic acids is 2. The van der Waals surface area contributed by atoms with Crippen LogP contribution in [0.15, 0.2) is 24.3 Å². The summed E-state index contributed by atoms with van der Waals surface area (Å²) in [5.74, 6) is -2.37. The molecule has 3 atom stereocenters. The van der Waals surface area contributed by atoms with Gasteiger partial charge in [0.05, 0.1) is 13.2 Å². The molecule has 0 rings (SSSR count). The molecule has 0 radical (unpaired) electrons. The van der Waals surface area contributed by atoms with Gasteiger partial charge in [0.2, 0.25) is 5.91 Å². The number of carboxylic acids is 1. The van der Waals surface area contributed by atoms with Gasteiger partial charge in [-0.05, 0) is 38.5 Å². The molecular weight excluding hydrogens is 769 g/mol. The minimum absolute atomic E-state index is 0.149. The molecule has 12 heteroatoms. The number of hydrogen-bond donors (Lipinski definition) is 4. The smallest absolute Gasteiger partial charge is 0.472 e. The number of carbonyl (C=O) groups is 3. The second-order valence-corrected chi connectivity index (χ2v) is 17.8. The third kappa shape index (κ3) is 42.4. The van der Waals surface area contributed by atoms with E-state index in [0.717, 1.165) is 64.2 Å². The fourth-order valence-corrected chi connectivity index (χ4v) is 7.52. The molecule has 0 aliphatic carbocycles. The topological polar surface area (TPSA) is 169 Å². The van der Waals surface area contributed by atoms with Crippen LogP contribution in [0.5, 0.6) is 0 Å². The molecule has 0 saturated heterocycles. The molecule has 0 bridgehead atoms. The summed E-state index contributed by atoms with van der Waals surface area (Å²) in [6, 6.07) is -1.54. The van der Waals surface area contributed by atoms with Gasteiger partial charge in [-0.15, -0.1) is 0 Å². The van der Waals surface area contributed by atoms with Crippen LogP contribution in [0.25, 0.3) is 0 Å². The number of ether oxygens (including phenoxy) is 1. The quantitative estimate of drug-likeness (QED) is 0.0200. The number of aliphatic hydroxyl groups is 1. The van der Waals surface area contributed by atoms with Crippen molar-refractivity contribution in [1.82, 2.24) is 5.32 Å². The van der Waals surface area contributed by atoms with Gasteiger partial charge in [0.25, 0.3) is 0 Å². The molecule has 4 N–H and O–H groups in total. The monoisotopic (exact) mass is 858 g/mol. The van der Waals surface area contributed by atoms with Gasteiger partial charge in [-0.2, -0.15) is 0 Å². The van der Waals surface area contributed by atoms with Crippen LogP contribution in [0.3, 0.4) is 0 Å². The van der Waals surface area contributed by atoms with Crippen molar-refractivity contribution in [2.24, 2.45) is 0 Å². The van der Waals surface area contributed by atoms with Crippen LogP contribution < -0.4 is 5.32 Å². The summed E-state index contributed by atoms with van der Waals surface area (Å²) in [5.41, 5.74) is 0. The van der Waals surface area contributed by atoms with Crippen molar-refractivity contribution in [2.45, 2.75) is 238 Å². The number of allylic oxidation sites excluding steroid dienone is 4. The Balaban J connectivity index is 3.84. The second-order valence-electron chi connectivity index (χ2n) is 16.3. The SMILES string of the molecule is CCCC/C=C\C/C=C\CCCCCCCC(=O)OCC(O)COP(=O)(O)OCC(NC(=O)CCCCCCCCCCCCCCCCCCCCCCC)C(=O)O. The summed E-state index contributed by atoms with van der Waals surface area (Å²) < 4.78 is 26.9. The Morgan fingerprint density at radius 2 is 0.949 bits per heavy atom. The lowest BCUT2D eigenvalue weighted by molar-refractivity contribution is -0.147. The minimum Gasteiger partial charge on any atom is -0.480 e. The van der Waals surface area contributed by atoms with Gasteiger partial charge in [-0.25, -0.2) is 9.36 Å². The molecule has 0 aromatic heterocycles. The van der Waals surface area contributed by atoms with Crippen LogP contribution in [-0.2, 0) is 32.7 Å². The predicted molar refractivity (Wildman–Crippen MR) is 240 cm³/mol. The number of rotatable bonds is 45. The van der Waals surface area contributed by atoms with Crippen LogP contribution in [0.4, 0.5) is 0 Å². The van der Waals surface area contributed by atoms with E-state index in [0.29, 0.717) is 12.8 Å². The van der Waals surface area contributed by atoms with Crippen molar-refractivity contribution in [3.8, 4) is 0 Å². The number of phosphoric acid groups is 1. The Morgan fingerprint density at radius 1 is 0.542 bits per heavy atom. The standard InChI is InChI=1S/C47H88NO10P/c1-3-5-7-9-11-13-15-17-19-20-21-22-23-24-25-26-28-30-32-34-36-38-45(50)48-44(47(52)53)42-58-59(54,55)57-41-43(49)40-56-46(51)39-37-35-33-31-29-27-18-16-14-12-10-8-6-4-2/h10,12,16,18,43-44,49H,3-9,11,13-15,17,19-42H2,1-2H3,(H,48,50)(H,52,53)(H,54,55)/b12-10-,18-16-. The molecule has 59 heavy (non-hydrogen) atoms. The fraction of sp³-hybridized carbons (Fsp3) is 0.851. The maximum absolute atomic E-state index is 12.3. The summed E-state index contributed by atoms with van der Waals surface area (Å²) in [7, 11) is -4.76. The first-order valence-corrected chi connectivity index (χ1v) is 25.4. The van der Waals surface area contributed by atoms with Crippen molar-refractivity contribution in [3.05, 3.63) is 24.3 Å². The Kier molecular flexibility index (Phi) is 41.2. The molecule has 346 valence electrons. The highest BCUT2D eigenvalue weighted by Gasteiger charge is 2.28. The van der Waals surface area contributed by atoms with E-state index in [-0.39, 0.29) is 12.8 Å². The Labute approximate surface area is 359 Å². The van der Waals surface area contributed by atoms with Crippen molar-refractivity contribution in [3.63, 3.8) is 0 Å². The van der Waals surface area contributed by atoms with E-state index in [4.69, 9.17) is 13.8 Å². The highest BCUT2D eigenvalue weighted by atomic mass is 31.2. The summed E-state index contributed by atoms with van der Waals surface area (Å²) in [6.07, 6.45) is 44.9. The van der Waals surface area contributed by atoms with Gasteiger partial charge in [0, 0.05) is 12.8 Å². The molecule has 0 fully saturated rings. The number of unbranched alkanes of at least 4 members (excludes halogenated alkanes) is 27. The summed E-state index contributed by atoms with van der Waals surface area (Å²) in [5, 5.41) is 21.9. The van der Waals surface area contributed by atoms with Gasteiger partial charge in [0.1, 0.15) is 12.7 Å². The molecule has 0 heterocycles. The molecule has 0 aliphatic heterocycles. The zero-order valence-electron chi connectivity index (χ0n) is 37.6. The van der Waals surface area contributed by atoms with Crippen LogP contribution in [-0.4, -0.2) is 64.9 Å². The van der Waals surface area contributed by atoms with Gasteiger partial charge in [-0.1, -0.05) is 199 Å². The number of hydrogen-bond acceptors (Lipinski definition) is 8. The Bertz CT molecular complexity index is 1100. The highest BCUT2D eigenvalue weighted by Crippen LogP contribution is 2.43. The predicted octanol–water partition coefficient (Wildman–Crippen LogP) is 12.6. The Morgan fingerprint density at radius 3 is 1.42 bits per heavy atom. The molecule has 0 aliphatic rings. The molecule has 0 spiro atoms. The molecule has 0 saturated carbocycles. The van der Waals surface area contributed by atoms with E-state index < -0.39 is 57.6 Å². The number of amides is 1. The first kappa shape index (κ1) is 57.0. The van der Waals surface area contributed by atoms with Gasteiger partial charge < -0.3 is 25.2 Å².